The zero-order valence-electron chi connectivity index (χ0n) is 10.1. The lowest BCUT2D eigenvalue weighted by atomic mass is 9.80. The van der Waals surface area contributed by atoms with Gasteiger partial charge < -0.3 is 9.84 Å². The van der Waals surface area contributed by atoms with Crippen molar-refractivity contribution in [3.05, 3.63) is 34.8 Å². The van der Waals surface area contributed by atoms with Crippen LogP contribution in [0.5, 0.6) is 0 Å². The number of rotatable bonds is 2. The molecule has 2 heteroatoms. The monoisotopic (exact) mass is 220 g/mol. The number of aliphatic hydroxyl groups excluding tert-OH is 1. The van der Waals surface area contributed by atoms with E-state index in [9.17, 15) is 5.11 Å². The molecule has 1 fully saturated rings. The van der Waals surface area contributed by atoms with Gasteiger partial charge in [-0.25, -0.2) is 0 Å². The third-order valence-corrected chi connectivity index (χ3v) is 3.67. The van der Waals surface area contributed by atoms with Crippen LogP contribution in [0.3, 0.4) is 0 Å². The van der Waals surface area contributed by atoms with Gasteiger partial charge in [0.15, 0.2) is 5.76 Å². The molecule has 0 aromatic heterocycles. The Morgan fingerprint density at radius 2 is 2.25 bits per heavy atom. The summed E-state index contributed by atoms with van der Waals surface area (Å²) in [6.45, 7) is 2.25. The summed E-state index contributed by atoms with van der Waals surface area (Å²) in [5.74, 6) is 1.78. The van der Waals surface area contributed by atoms with E-state index in [4.69, 9.17) is 4.74 Å². The fourth-order valence-electron chi connectivity index (χ4n) is 2.54. The second-order valence-corrected chi connectivity index (χ2v) is 4.64. The van der Waals surface area contributed by atoms with Crippen molar-refractivity contribution in [3.8, 4) is 0 Å². The molecule has 2 aliphatic carbocycles. The van der Waals surface area contributed by atoms with Gasteiger partial charge in [0.1, 0.15) is 5.76 Å². The summed E-state index contributed by atoms with van der Waals surface area (Å²) in [5.41, 5.74) is 2.77. The summed E-state index contributed by atoms with van der Waals surface area (Å²) in [6.07, 6.45) is 9.58. The largest absolute Gasteiger partial charge is 0.508 e. The van der Waals surface area contributed by atoms with Gasteiger partial charge in [-0.2, -0.15) is 0 Å². The smallest absolute Gasteiger partial charge is 0.156 e. The lowest BCUT2D eigenvalue weighted by molar-refractivity contribution is 0.265. The van der Waals surface area contributed by atoms with Crippen LogP contribution in [0.25, 0.3) is 0 Å². The first kappa shape index (κ1) is 11.3. The first-order valence-corrected chi connectivity index (χ1v) is 6.10. The average Bonchev–Trinajstić information content (AvgIpc) is 2.48. The van der Waals surface area contributed by atoms with Crippen LogP contribution in [-0.2, 0) is 4.74 Å². The van der Waals surface area contributed by atoms with Gasteiger partial charge in [0.05, 0.1) is 7.11 Å². The van der Waals surface area contributed by atoms with Crippen LogP contribution >= 0.6 is 0 Å². The van der Waals surface area contributed by atoms with Crippen LogP contribution in [0, 0.1) is 5.92 Å². The van der Waals surface area contributed by atoms with Crippen LogP contribution in [0.4, 0.5) is 0 Å². The van der Waals surface area contributed by atoms with E-state index in [-0.39, 0.29) is 0 Å². The number of ether oxygens (including phenoxy) is 1. The van der Waals surface area contributed by atoms with Crippen molar-refractivity contribution in [3.63, 3.8) is 0 Å². The van der Waals surface area contributed by atoms with Crippen LogP contribution in [-0.4, -0.2) is 12.2 Å². The maximum Gasteiger partial charge on any atom is 0.156 e. The van der Waals surface area contributed by atoms with Crippen LogP contribution in [0.15, 0.2) is 34.8 Å². The Balaban J connectivity index is 2.27. The fraction of sp³-hybridized carbons (Fsp3) is 0.571. The van der Waals surface area contributed by atoms with Gasteiger partial charge >= 0.3 is 0 Å². The highest BCUT2D eigenvalue weighted by Crippen LogP contribution is 2.37. The molecular formula is C14H20O2. The molecule has 1 N–H and O–H groups in total. The molecule has 0 radical (unpaired) electrons. The second-order valence-electron chi connectivity index (χ2n) is 4.64. The summed E-state index contributed by atoms with van der Waals surface area (Å²) >= 11 is 0. The minimum Gasteiger partial charge on any atom is -0.508 e. The van der Waals surface area contributed by atoms with E-state index < -0.39 is 0 Å². The van der Waals surface area contributed by atoms with E-state index in [1.54, 1.807) is 7.11 Å². The van der Waals surface area contributed by atoms with Gasteiger partial charge in [-0.15, -0.1) is 0 Å². The Labute approximate surface area is 97.3 Å². The normalized spacial score (nSPS) is 25.5. The van der Waals surface area contributed by atoms with Gasteiger partial charge in [0.2, 0.25) is 0 Å². The standard InChI is InChI=1S/C14H20O2/c1-3-10-4-5-11-6-7-13(15)14(16-2)9-12(11)8-10/h6,9-10,15H,3-5,7-8H2,1-2H3. The number of aliphatic hydroxyl groups is 1. The van der Waals surface area contributed by atoms with Gasteiger partial charge in [0, 0.05) is 6.42 Å². The summed E-state index contributed by atoms with van der Waals surface area (Å²) in [5, 5.41) is 9.78. The maximum absolute atomic E-state index is 9.78. The van der Waals surface area contributed by atoms with Gasteiger partial charge in [-0.1, -0.05) is 19.4 Å². The molecule has 2 nitrogen and oxygen atoms in total. The molecule has 0 aromatic carbocycles. The molecule has 1 atom stereocenters. The van der Waals surface area contributed by atoms with E-state index >= 15 is 0 Å². The van der Waals surface area contributed by atoms with Crippen LogP contribution < -0.4 is 0 Å². The molecule has 2 rings (SSSR count). The lowest BCUT2D eigenvalue weighted by Gasteiger charge is -2.25. The van der Waals surface area contributed by atoms with Crippen molar-refractivity contribution in [1.29, 1.82) is 0 Å². The Bertz CT molecular complexity index is 361. The highest BCUT2D eigenvalue weighted by molar-refractivity contribution is 5.41. The van der Waals surface area contributed by atoms with Crippen molar-refractivity contribution in [1.82, 2.24) is 0 Å². The molecule has 16 heavy (non-hydrogen) atoms. The minimum atomic E-state index is 0.352. The Kier molecular flexibility index (Phi) is 3.37. The first-order chi connectivity index (χ1) is 7.74. The molecule has 1 unspecified atom stereocenters. The zero-order valence-corrected chi connectivity index (χ0v) is 10.1. The molecular weight excluding hydrogens is 200 g/mol. The number of fused-ring (bicyclic) bond motifs is 1. The number of hydrogen-bond donors (Lipinski definition) is 1. The van der Waals surface area contributed by atoms with Crippen molar-refractivity contribution >= 4 is 0 Å². The van der Waals surface area contributed by atoms with E-state index in [2.05, 4.69) is 13.0 Å². The summed E-state index contributed by atoms with van der Waals surface area (Å²) in [6, 6.07) is 0. The topological polar surface area (TPSA) is 29.5 Å². The predicted molar refractivity (Wildman–Crippen MR) is 65.1 cm³/mol. The third kappa shape index (κ3) is 2.16. The van der Waals surface area contributed by atoms with Crippen molar-refractivity contribution in [2.24, 2.45) is 5.92 Å². The molecule has 0 heterocycles. The number of methoxy groups -OCH3 is 1. The van der Waals surface area contributed by atoms with Crippen molar-refractivity contribution in [2.75, 3.05) is 7.11 Å². The van der Waals surface area contributed by atoms with Gasteiger partial charge in [0.25, 0.3) is 0 Å². The third-order valence-electron chi connectivity index (χ3n) is 3.67. The summed E-state index contributed by atoms with van der Waals surface area (Å²) < 4.78 is 5.22. The molecule has 0 spiro atoms. The first-order valence-electron chi connectivity index (χ1n) is 6.10. The number of hydrogen-bond acceptors (Lipinski definition) is 2. The molecule has 0 bridgehead atoms. The van der Waals surface area contributed by atoms with Gasteiger partial charge in [-0.05, 0) is 42.4 Å². The van der Waals surface area contributed by atoms with Crippen LogP contribution in [0.1, 0.15) is 39.0 Å². The summed E-state index contributed by atoms with van der Waals surface area (Å²) in [4.78, 5) is 0. The van der Waals surface area contributed by atoms with E-state index in [0.717, 1.165) is 18.8 Å². The van der Waals surface area contributed by atoms with Crippen LogP contribution in [0.2, 0.25) is 0 Å². The Morgan fingerprint density at radius 3 is 2.94 bits per heavy atom. The maximum atomic E-state index is 9.78. The molecule has 2 aliphatic rings. The minimum absolute atomic E-state index is 0.352. The zero-order chi connectivity index (χ0) is 11.5. The Morgan fingerprint density at radius 1 is 1.44 bits per heavy atom. The molecule has 0 aromatic rings. The van der Waals surface area contributed by atoms with Crippen molar-refractivity contribution < 1.29 is 9.84 Å². The molecule has 0 saturated heterocycles. The van der Waals surface area contributed by atoms with E-state index in [0.29, 0.717) is 17.9 Å². The number of allylic oxidation sites excluding steroid dienone is 4. The second kappa shape index (κ2) is 4.77. The molecule has 1 saturated carbocycles. The highest BCUT2D eigenvalue weighted by atomic mass is 16.5. The van der Waals surface area contributed by atoms with Crippen molar-refractivity contribution in [2.45, 2.75) is 39.0 Å². The van der Waals surface area contributed by atoms with Gasteiger partial charge in [-0.3, -0.25) is 0 Å². The van der Waals surface area contributed by atoms with E-state index in [1.165, 1.54) is 24.0 Å². The SMILES string of the molecule is CCC1CCC2=CCC(O)=C(OC)C=C2C1. The lowest BCUT2D eigenvalue weighted by Crippen LogP contribution is -2.09. The summed E-state index contributed by atoms with van der Waals surface area (Å²) in [7, 11) is 1.62. The van der Waals surface area contributed by atoms with E-state index in [1.807, 2.05) is 6.08 Å². The Hall–Kier alpha value is -1.18. The highest BCUT2D eigenvalue weighted by Gasteiger charge is 2.22. The average molecular weight is 220 g/mol. The molecule has 88 valence electrons. The fourth-order valence-corrected chi connectivity index (χ4v) is 2.54. The molecule has 0 aliphatic heterocycles. The quantitative estimate of drug-likeness (QED) is 0.765. The predicted octanol–water partition coefficient (Wildman–Crippen LogP) is 3.87. The molecule has 0 amide bonds.